The molecule has 4 heterocycles. The van der Waals surface area contributed by atoms with Gasteiger partial charge in [0.25, 0.3) is 5.56 Å². The molecular formula is C31H30ClF3N6O2. The zero-order valence-corrected chi connectivity index (χ0v) is 23.9. The fourth-order valence-electron chi connectivity index (χ4n) is 5.41. The van der Waals surface area contributed by atoms with Crippen LogP contribution in [0, 0.1) is 0 Å². The van der Waals surface area contributed by atoms with Gasteiger partial charge in [0.1, 0.15) is 6.04 Å². The normalized spacial score (nSPS) is 16.5. The molecule has 1 aliphatic heterocycles. The topological polar surface area (TPSA) is 78.9 Å². The van der Waals surface area contributed by atoms with Crippen molar-refractivity contribution in [3.63, 3.8) is 0 Å². The minimum atomic E-state index is -4.56. The number of rotatable bonds is 9. The number of hydrogen-bond acceptors (Lipinski definition) is 5. The van der Waals surface area contributed by atoms with E-state index in [2.05, 4.69) is 15.5 Å². The molecule has 2 unspecified atom stereocenters. The Hall–Kier alpha value is -3.93. The average Bonchev–Trinajstić information content (AvgIpc) is 3.59. The van der Waals surface area contributed by atoms with Gasteiger partial charge in [-0.05, 0) is 54.7 Å². The molecule has 2 atom stereocenters. The summed E-state index contributed by atoms with van der Waals surface area (Å²) in [5.74, 6) is 0. The van der Waals surface area contributed by atoms with Crippen molar-refractivity contribution in [1.29, 1.82) is 0 Å². The van der Waals surface area contributed by atoms with E-state index in [1.165, 1.54) is 23.1 Å². The lowest BCUT2D eigenvalue weighted by Gasteiger charge is -2.23. The number of alkyl halides is 3. The Balaban J connectivity index is 1.17. The summed E-state index contributed by atoms with van der Waals surface area (Å²) in [6, 6.07) is 15.9. The third kappa shape index (κ3) is 6.69. The predicted molar refractivity (Wildman–Crippen MR) is 157 cm³/mol. The van der Waals surface area contributed by atoms with E-state index in [1.54, 1.807) is 39.7 Å². The van der Waals surface area contributed by atoms with Crippen molar-refractivity contribution >= 4 is 22.5 Å². The Bertz CT molecular complexity index is 1760. The third-order valence-corrected chi connectivity index (χ3v) is 7.82. The number of fused-ring (bicyclic) bond motifs is 1. The Kier molecular flexibility index (Phi) is 8.38. The molecule has 8 nitrogen and oxygen atoms in total. The van der Waals surface area contributed by atoms with Crippen LogP contribution in [0.2, 0.25) is 5.02 Å². The summed E-state index contributed by atoms with van der Waals surface area (Å²) in [5, 5.41) is 12.7. The molecule has 0 saturated carbocycles. The van der Waals surface area contributed by atoms with Gasteiger partial charge in [0.05, 0.1) is 30.5 Å². The van der Waals surface area contributed by atoms with E-state index in [0.29, 0.717) is 35.8 Å². The van der Waals surface area contributed by atoms with Crippen molar-refractivity contribution in [2.45, 2.75) is 57.3 Å². The maximum atomic E-state index is 14.3. The number of nitrogens with zero attached hydrogens (tertiary/aromatic N) is 5. The van der Waals surface area contributed by atoms with Gasteiger partial charge in [0.15, 0.2) is 6.23 Å². The molecule has 12 heteroatoms. The highest BCUT2D eigenvalue weighted by Crippen LogP contribution is 2.34. The number of nitrogens with one attached hydrogen (secondary N) is 1. The van der Waals surface area contributed by atoms with Crippen molar-refractivity contribution in [3.05, 3.63) is 117 Å². The largest absolute Gasteiger partial charge is 0.408 e. The van der Waals surface area contributed by atoms with E-state index in [1.807, 2.05) is 30.3 Å². The van der Waals surface area contributed by atoms with Crippen LogP contribution in [0.5, 0.6) is 0 Å². The fraction of sp³-hybridized carbons (Fsp3) is 0.323. The summed E-state index contributed by atoms with van der Waals surface area (Å²) in [4.78, 5) is 12.0. The van der Waals surface area contributed by atoms with Crippen molar-refractivity contribution in [2.75, 3.05) is 6.61 Å². The van der Waals surface area contributed by atoms with Crippen LogP contribution in [-0.4, -0.2) is 36.9 Å². The molecule has 43 heavy (non-hydrogen) atoms. The second kappa shape index (κ2) is 12.4. The van der Waals surface area contributed by atoms with Gasteiger partial charge in [0, 0.05) is 47.6 Å². The Morgan fingerprint density at radius 2 is 1.84 bits per heavy atom. The standard InChI is InChI=1S/C31H30ClF3N6O2/c32-24-11-12-27-25(15-24)26(38-41(27)29-6-2-4-14-43-29)17-36-30(31(33,34)35)23-16-37-40(20-23)19-22-9-7-21(8-10-22)18-39-13-3-1-5-28(39)42/h1,3,5,7-13,15-16,20,29-30,36H,2,4,6,14,17-19H2. The number of pyridine rings is 1. The van der Waals surface area contributed by atoms with Crippen LogP contribution < -0.4 is 10.9 Å². The lowest BCUT2D eigenvalue weighted by atomic mass is 10.1. The lowest BCUT2D eigenvalue weighted by Crippen LogP contribution is -2.33. The number of aromatic nitrogens is 5. The van der Waals surface area contributed by atoms with Gasteiger partial charge in [-0.15, -0.1) is 0 Å². The summed E-state index contributed by atoms with van der Waals surface area (Å²) in [5.41, 5.74) is 2.95. The summed E-state index contributed by atoms with van der Waals surface area (Å²) in [7, 11) is 0. The van der Waals surface area contributed by atoms with Gasteiger partial charge in [-0.2, -0.15) is 23.4 Å². The van der Waals surface area contributed by atoms with E-state index in [9.17, 15) is 18.0 Å². The molecule has 1 N–H and O–H groups in total. The molecule has 1 aliphatic rings. The zero-order valence-electron chi connectivity index (χ0n) is 23.2. The van der Waals surface area contributed by atoms with Crippen molar-refractivity contribution in [3.8, 4) is 0 Å². The SMILES string of the molecule is O=c1ccccn1Cc1ccc(Cn2cc(C(NCc3nn(C4CCCCO4)c4ccc(Cl)cc34)C(F)(F)F)cn2)cc1. The van der Waals surface area contributed by atoms with E-state index in [-0.39, 0.29) is 23.9 Å². The third-order valence-electron chi connectivity index (χ3n) is 7.58. The van der Waals surface area contributed by atoms with E-state index in [4.69, 9.17) is 16.3 Å². The minimum absolute atomic E-state index is 0.00459. The number of halogens is 4. The van der Waals surface area contributed by atoms with Crippen LogP contribution in [0.25, 0.3) is 10.9 Å². The highest BCUT2D eigenvalue weighted by Gasteiger charge is 2.41. The van der Waals surface area contributed by atoms with Crippen LogP contribution in [-0.2, 0) is 24.4 Å². The van der Waals surface area contributed by atoms with Gasteiger partial charge < -0.3 is 9.30 Å². The quantitative estimate of drug-likeness (QED) is 0.214. The molecular weight excluding hydrogens is 581 g/mol. The molecule has 3 aromatic heterocycles. The summed E-state index contributed by atoms with van der Waals surface area (Å²) < 4.78 is 53.6. The van der Waals surface area contributed by atoms with Crippen LogP contribution in [0.4, 0.5) is 13.2 Å². The first-order chi connectivity index (χ1) is 20.7. The average molecular weight is 611 g/mol. The van der Waals surface area contributed by atoms with E-state index >= 15 is 0 Å². The fourth-order valence-corrected chi connectivity index (χ4v) is 5.58. The molecule has 0 radical (unpaired) electrons. The smallest absolute Gasteiger partial charge is 0.356 e. The second-order valence-corrected chi connectivity index (χ2v) is 11.1. The summed E-state index contributed by atoms with van der Waals surface area (Å²) in [6.07, 6.45) is 2.29. The van der Waals surface area contributed by atoms with Gasteiger partial charge in [-0.3, -0.25) is 14.8 Å². The van der Waals surface area contributed by atoms with Crippen LogP contribution in [0.1, 0.15) is 53.9 Å². The summed E-state index contributed by atoms with van der Waals surface area (Å²) in [6.45, 7) is 1.22. The monoisotopic (exact) mass is 610 g/mol. The molecule has 0 amide bonds. The number of ether oxygens (including phenoxy) is 1. The molecule has 2 aromatic carbocycles. The molecule has 0 bridgehead atoms. The second-order valence-electron chi connectivity index (χ2n) is 10.7. The zero-order chi connectivity index (χ0) is 30.0. The van der Waals surface area contributed by atoms with Crippen LogP contribution in [0.15, 0.2) is 84.0 Å². The lowest BCUT2D eigenvalue weighted by molar-refractivity contribution is -0.158. The first kappa shape index (κ1) is 29.2. The molecule has 0 spiro atoms. The molecule has 1 fully saturated rings. The Morgan fingerprint density at radius 1 is 1.05 bits per heavy atom. The molecule has 1 saturated heterocycles. The van der Waals surface area contributed by atoms with Crippen molar-refractivity contribution in [2.24, 2.45) is 0 Å². The van der Waals surface area contributed by atoms with Crippen LogP contribution in [0.3, 0.4) is 0 Å². The predicted octanol–water partition coefficient (Wildman–Crippen LogP) is 6.24. The molecule has 5 aromatic rings. The highest BCUT2D eigenvalue weighted by atomic mass is 35.5. The molecule has 224 valence electrons. The minimum Gasteiger partial charge on any atom is -0.356 e. The Labute approximate surface area is 250 Å². The Morgan fingerprint density at radius 3 is 2.56 bits per heavy atom. The molecule has 0 aliphatic carbocycles. The summed E-state index contributed by atoms with van der Waals surface area (Å²) >= 11 is 6.24. The van der Waals surface area contributed by atoms with Gasteiger partial charge in [0.2, 0.25) is 0 Å². The maximum absolute atomic E-state index is 14.3. The number of benzene rings is 2. The number of hydrogen-bond donors (Lipinski definition) is 1. The van der Waals surface area contributed by atoms with Crippen LogP contribution >= 0.6 is 11.6 Å². The van der Waals surface area contributed by atoms with Gasteiger partial charge in [-0.1, -0.05) is 41.9 Å². The van der Waals surface area contributed by atoms with Gasteiger partial charge in [-0.25, -0.2) is 4.68 Å². The maximum Gasteiger partial charge on any atom is 0.408 e. The first-order valence-electron chi connectivity index (χ1n) is 14.1. The van der Waals surface area contributed by atoms with Crippen molar-refractivity contribution < 1.29 is 17.9 Å². The van der Waals surface area contributed by atoms with Crippen molar-refractivity contribution in [1.82, 2.24) is 29.4 Å². The van der Waals surface area contributed by atoms with Gasteiger partial charge >= 0.3 is 6.18 Å². The first-order valence-corrected chi connectivity index (χ1v) is 14.5. The van der Waals surface area contributed by atoms with E-state index in [0.717, 1.165) is 35.9 Å². The molecule has 6 rings (SSSR count). The highest BCUT2D eigenvalue weighted by molar-refractivity contribution is 6.31. The van der Waals surface area contributed by atoms with E-state index < -0.39 is 12.2 Å².